The second-order valence-corrected chi connectivity index (χ2v) is 5.25. The first kappa shape index (κ1) is 15.5. The minimum absolute atomic E-state index is 0.240. The third kappa shape index (κ3) is 5.38. The zero-order valence-corrected chi connectivity index (χ0v) is 12.1. The second kappa shape index (κ2) is 9.37. The number of nitrogens with zero attached hydrogens (tertiary/aromatic N) is 1. The molecule has 18 heavy (non-hydrogen) atoms. The van der Waals surface area contributed by atoms with Crippen molar-refractivity contribution in [1.82, 2.24) is 4.90 Å². The fourth-order valence-electron chi connectivity index (χ4n) is 2.54. The Morgan fingerprint density at radius 1 is 1.11 bits per heavy atom. The summed E-state index contributed by atoms with van der Waals surface area (Å²) in [5.74, 6) is 0.598. The van der Waals surface area contributed by atoms with Crippen molar-refractivity contribution in [2.24, 2.45) is 5.92 Å². The molecule has 0 radical (unpaired) electrons. The third-order valence-corrected chi connectivity index (χ3v) is 3.82. The summed E-state index contributed by atoms with van der Waals surface area (Å²) in [5, 5.41) is 0. The molecule has 1 fully saturated rings. The highest BCUT2D eigenvalue weighted by molar-refractivity contribution is 5.78. The molecule has 0 unspecified atom stereocenters. The van der Waals surface area contributed by atoms with E-state index < -0.39 is 0 Å². The van der Waals surface area contributed by atoms with Crippen molar-refractivity contribution in [2.75, 3.05) is 26.3 Å². The molecule has 0 aliphatic carbocycles. The largest absolute Gasteiger partial charge is 0.378 e. The quantitative estimate of drug-likeness (QED) is 0.623. The van der Waals surface area contributed by atoms with E-state index in [9.17, 15) is 4.79 Å². The van der Waals surface area contributed by atoms with E-state index in [0.29, 0.717) is 19.1 Å². The van der Waals surface area contributed by atoms with Gasteiger partial charge < -0.3 is 9.64 Å². The van der Waals surface area contributed by atoms with Gasteiger partial charge in [-0.25, -0.2) is 0 Å². The lowest BCUT2D eigenvalue weighted by atomic mass is 9.96. The molecule has 0 aromatic rings. The summed E-state index contributed by atoms with van der Waals surface area (Å²) in [5.41, 5.74) is 0. The number of hydrogen-bond donors (Lipinski definition) is 0. The van der Waals surface area contributed by atoms with Gasteiger partial charge in [0.05, 0.1) is 13.2 Å². The zero-order valence-electron chi connectivity index (χ0n) is 12.1. The van der Waals surface area contributed by atoms with Crippen molar-refractivity contribution in [2.45, 2.75) is 58.8 Å². The summed E-state index contributed by atoms with van der Waals surface area (Å²) in [6.07, 6.45) is 8.45. The first-order chi connectivity index (χ1) is 8.79. The van der Waals surface area contributed by atoms with Crippen LogP contribution in [0.25, 0.3) is 0 Å². The maximum Gasteiger partial charge on any atom is 0.225 e. The van der Waals surface area contributed by atoms with Gasteiger partial charge in [-0.3, -0.25) is 4.79 Å². The number of carbonyl (C=O) groups is 1. The molecule has 0 N–H and O–H groups in total. The van der Waals surface area contributed by atoms with Gasteiger partial charge in [0.1, 0.15) is 0 Å². The average Bonchev–Trinajstić information content (AvgIpc) is 2.43. The molecule has 106 valence electrons. The van der Waals surface area contributed by atoms with Crippen LogP contribution in [0.15, 0.2) is 0 Å². The maximum absolute atomic E-state index is 12.3. The summed E-state index contributed by atoms with van der Waals surface area (Å²) in [6, 6.07) is 0. The van der Waals surface area contributed by atoms with Crippen LogP contribution in [0, 0.1) is 5.92 Å². The average molecular weight is 255 g/mol. The zero-order chi connectivity index (χ0) is 13.2. The van der Waals surface area contributed by atoms with E-state index in [1.54, 1.807) is 0 Å². The molecular formula is C15H29NO2. The molecule has 0 bridgehead atoms. The van der Waals surface area contributed by atoms with E-state index in [1.807, 2.05) is 4.90 Å². The molecule has 3 heteroatoms. The van der Waals surface area contributed by atoms with Crippen molar-refractivity contribution in [1.29, 1.82) is 0 Å². The Morgan fingerprint density at radius 2 is 1.78 bits per heavy atom. The molecule has 0 aromatic heterocycles. The van der Waals surface area contributed by atoms with Gasteiger partial charge in [0.2, 0.25) is 5.91 Å². The van der Waals surface area contributed by atoms with Gasteiger partial charge in [-0.15, -0.1) is 0 Å². The van der Waals surface area contributed by atoms with Crippen LogP contribution in [-0.2, 0) is 9.53 Å². The second-order valence-electron chi connectivity index (χ2n) is 5.25. The van der Waals surface area contributed by atoms with Crippen LogP contribution >= 0.6 is 0 Å². The number of rotatable bonds is 8. The maximum atomic E-state index is 12.3. The first-order valence-corrected chi connectivity index (χ1v) is 7.66. The Bertz CT molecular complexity index is 225. The highest BCUT2D eigenvalue weighted by Crippen LogP contribution is 2.18. The predicted octanol–water partition coefficient (Wildman–Crippen LogP) is 3.23. The minimum Gasteiger partial charge on any atom is -0.378 e. The normalized spacial score (nSPS) is 17.8. The molecule has 1 aliphatic rings. The molecule has 3 nitrogen and oxygen atoms in total. The van der Waals surface area contributed by atoms with Gasteiger partial charge >= 0.3 is 0 Å². The predicted molar refractivity (Wildman–Crippen MR) is 74.6 cm³/mol. The number of amides is 1. The van der Waals surface area contributed by atoms with E-state index in [-0.39, 0.29) is 5.92 Å². The van der Waals surface area contributed by atoms with Crippen molar-refractivity contribution in [3.05, 3.63) is 0 Å². The lowest BCUT2D eigenvalue weighted by Gasteiger charge is -2.30. The smallest absolute Gasteiger partial charge is 0.225 e. The molecule has 1 atom stereocenters. The molecule has 1 amide bonds. The van der Waals surface area contributed by atoms with Crippen LogP contribution in [0.2, 0.25) is 0 Å². The fraction of sp³-hybridized carbons (Fsp3) is 0.933. The topological polar surface area (TPSA) is 29.5 Å². The summed E-state index contributed by atoms with van der Waals surface area (Å²) in [7, 11) is 0. The van der Waals surface area contributed by atoms with E-state index in [2.05, 4.69) is 13.8 Å². The number of unbranched alkanes of at least 4 members (excludes halogenated alkanes) is 4. The van der Waals surface area contributed by atoms with Gasteiger partial charge in [-0.05, 0) is 12.8 Å². The molecule has 1 rings (SSSR count). The van der Waals surface area contributed by atoms with Crippen LogP contribution in [-0.4, -0.2) is 37.1 Å². The lowest BCUT2D eigenvalue weighted by molar-refractivity contribution is -0.140. The van der Waals surface area contributed by atoms with Gasteiger partial charge in [-0.2, -0.15) is 0 Å². The summed E-state index contributed by atoms with van der Waals surface area (Å²) < 4.78 is 5.29. The number of carbonyl (C=O) groups excluding carboxylic acids is 1. The van der Waals surface area contributed by atoms with Crippen molar-refractivity contribution >= 4 is 5.91 Å². The van der Waals surface area contributed by atoms with Crippen LogP contribution in [0.1, 0.15) is 58.8 Å². The number of ether oxygens (including phenoxy) is 1. The molecule has 1 heterocycles. The van der Waals surface area contributed by atoms with Crippen LogP contribution in [0.3, 0.4) is 0 Å². The molecular weight excluding hydrogens is 226 g/mol. The van der Waals surface area contributed by atoms with E-state index in [0.717, 1.165) is 25.9 Å². The monoisotopic (exact) mass is 255 g/mol. The standard InChI is InChI=1S/C15H29NO2/c1-3-5-6-7-8-9-14(4-2)15(17)16-10-12-18-13-11-16/h14H,3-13H2,1-2H3/t14-/m0/s1. The summed E-state index contributed by atoms with van der Waals surface area (Å²) in [4.78, 5) is 14.3. The molecule has 0 aromatic carbocycles. The van der Waals surface area contributed by atoms with Crippen molar-refractivity contribution in [3.8, 4) is 0 Å². The van der Waals surface area contributed by atoms with Gasteiger partial charge in [-0.1, -0.05) is 46.0 Å². The summed E-state index contributed by atoms with van der Waals surface area (Å²) in [6.45, 7) is 7.35. The number of hydrogen-bond acceptors (Lipinski definition) is 2. The third-order valence-electron chi connectivity index (χ3n) is 3.82. The lowest BCUT2D eigenvalue weighted by Crippen LogP contribution is -2.43. The Hall–Kier alpha value is -0.570. The van der Waals surface area contributed by atoms with Gasteiger partial charge in [0.15, 0.2) is 0 Å². The summed E-state index contributed by atoms with van der Waals surface area (Å²) >= 11 is 0. The molecule has 0 spiro atoms. The van der Waals surface area contributed by atoms with E-state index in [1.165, 1.54) is 32.1 Å². The van der Waals surface area contributed by atoms with Crippen LogP contribution in [0.4, 0.5) is 0 Å². The Balaban J connectivity index is 2.23. The van der Waals surface area contributed by atoms with Crippen LogP contribution in [0.5, 0.6) is 0 Å². The molecule has 1 saturated heterocycles. The Morgan fingerprint density at radius 3 is 2.39 bits per heavy atom. The van der Waals surface area contributed by atoms with Crippen molar-refractivity contribution < 1.29 is 9.53 Å². The van der Waals surface area contributed by atoms with Gasteiger partial charge in [0, 0.05) is 19.0 Å². The highest BCUT2D eigenvalue weighted by Gasteiger charge is 2.23. The minimum atomic E-state index is 0.240. The van der Waals surface area contributed by atoms with E-state index >= 15 is 0 Å². The Kier molecular flexibility index (Phi) is 8.06. The first-order valence-electron chi connectivity index (χ1n) is 7.66. The highest BCUT2D eigenvalue weighted by atomic mass is 16.5. The molecule has 1 aliphatic heterocycles. The SMILES string of the molecule is CCCCCCC[C@H](CC)C(=O)N1CCOCC1. The van der Waals surface area contributed by atoms with E-state index in [4.69, 9.17) is 4.74 Å². The van der Waals surface area contributed by atoms with Gasteiger partial charge in [0.25, 0.3) is 0 Å². The number of morpholine rings is 1. The fourth-order valence-corrected chi connectivity index (χ4v) is 2.54. The Labute approximate surface area is 112 Å². The van der Waals surface area contributed by atoms with Crippen molar-refractivity contribution in [3.63, 3.8) is 0 Å². The molecule has 0 saturated carbocycles. The van der Waals surface area contributed by atoms with Crippen LogP contribution < -0.4 is 0 Å².